The summed E-state index contributed by atoms with van der Waals surface area (Å²) in [6, 6.07) is 2.29. The minimum atomic E-state index is -1.15. The van der Waals surface area contributed by atoms with Crippen LogP contribution in [0.5, 0.6) is 0 Å². The van der Waals surface area contributed by atoms with E-state index in [1.165, 1.54) is 0 Å². The fourth-order valence-corrected chi connectivity index (χ4v) is 8.61. The molecule has 4 aliphatic rings. The number of halogens is 1. The van der Waals surface area contributed by atoms with Gasteiger partial charge in [-0.2, -0.15) is 10.4 Å². The average Bonchev–Trinajstić information content (AvgIpc) is 3.38. The SMILES string of the molecule is CC(C)(C#N)c1cnn(CC(=O)[C@H]2CC[C@H]3[C@@H]4CC[C@@H]5C[C@](C)(O)CC[C@]5(F)[C@H]4CC[C@]23C)c1. The maximum absolute atomic E-state index is 16.5. The Morgan fingerprint density at radius 1 is 1.21 bits per heavy atom. The van der Waals surface area contributed by atoms with E-state index < -0.39 is 16.7 Å². The number of fused-ring (bicyclic) bond motifs is 5. The van der Waals surface area contributed by atoms with Gasteiger partial charge in [0.1, 0.15) is 5.67 Å². The number of ketones is 1. The van der Waals surface area contributed by atoms with Crippen molar-refractivity contribution < 1.29 is 14.3 Å². The third kappa shape index (κ3) is 3.65. The lowest BCUT2D eigenvalue weighted by molar-refractivity contribution is -0.166. The van der Waals surface area contributed by atoms with Crippen LogP contribution in [0.15, 0.2) is 12.4 Å². The highest BCUT2D eigenvalue weighted by molar-refractivity contribution is 5.82. The van der Waals surface area contributed by atoms with Crippen LogP contribution in [0.25, 0.3) is 0 Å². The van der Waals surface area contributed by atoms with Crippen LogP contribution in [0.2, 0.25) is 0 Å². The molecule has 0 unspecified atom stereocenters. The molecular formula is C28H40FN3O2. The van der Waals surface area contributed by atoms with Crippen LogP contribution in [0, 0.1) is 46.3 Å². The van der Waals surface area contributed by atoms with E-state index in [2.05, 4.69) is 18.1 Å². The highest BCUT2D eigenvalue weighted by atomic mass is 19.1. The van der Waals surface area contributed by atoms with Gasteiger partial charge in [-0.3, -0.25) is 9.48 Å². The van der Waals surface area contributed by atoms with Crippen molar-refractivity contribution in [2.45, 2.75) is 109 Å². The van der Waals surface area contributed by atoms with Crippen molar-refractivity contribution in [3.63, 3.8) is 0 Å². The minimum Gasteiger partial charge on any atom is -0.390 e. The van der Waals surface area contributed by atoms with Gasteiger partial charge < -0.3 is 5.11 Å². The molecule has 6 heteroatoms. The number of alkyl halides is 1. The molecule has 0 amide bonds. The zero-order valence-electron chi connectivity index (χ0n) is 21.2. The second-order valence-electron chi connectivity index (χ2n) is 13.1. The standard InChI is InChI=1S/C28H40FN3O2/c1-25(2,17-30)19-14-31-32(15-19)16-24(33)23-8-7-21-20-6-5-18-13-26(3,34)11-12-28(18,29)22(20)9-10-27(21,23)4/h14-15,18,20-23,34H,5-13,16H2,1-4H3/t18-,20+,21+,22+,23-,26-,27+,28-/m1/s1. The van der Waals surface area contributed by atoms with E-state index in [0.29, 0.717) is 31.1 Å². The Morgan fingerprint density at radius 2 is 1.97 bits per heavy atom. The van der Waals surface area contributed by atoms with Crippen molar-refractivity contribution in [2.24, 2.45) is 35.0 Å². The molecule has 0 saturated heterocycles. The first kappa shape index (κ1) is 24.0. The number of rotatable bonds is 4. The van der Waals surface area contributed by atoms with Crippen molar-refractivity contribution in [1.29, 1.82) is 5.26 Å². The van der Waals surface area contributed by atoms with Crippen LogP contribution >= 0.6 is 0 Å². The Balaban J connectivity index is 1.31. The average molecular weight is 470 g/mol. The molecule has 0 radical (unpaired) electrons. The molecular weight excluding hydrogens is 429 g/mol. The topological polar surface area (TPSA) is 78.9 Å². The van der Waals surface area contributed by atoms with Gasteiger partial charge in [-0.25, -0.2) is 4.39 Å². The van der Waals surface area contributed by atoms with Crippen molar-refractivity contribution in [3.05, 3.63) is 18.0 Å². The van der Waals surface area contributed by atoms with E-state index >= 15 is 4.39 Å². The fourth-order valence-electron chi connectivity index (χ4n) is 8.61. The molecule has 0 spiro atoms. The number of aliphatic hydroxyl groups is 1. The van der Waals surface area contributed by atoms with Crippen LogP contribution in [-0.2, 0) is 16.8 Å². The highest BCUT2D eigenvalue weighted by Crippen LogP contribution is 2.66. The third-order valence-corrected chi connectivity index (χ3v) is 10.7. The summed E-state index contributed by atoms with van der Waals surface area (Å²) in [6.45, 7) is 8.12. The minimum absolute atomic E-state index is 0.00421. The van der Waals surface area contributed by atoms with E-state index in [4.69, 9.17) is 0 Å². The van der Waals surface area contributed by atoms with E-state index in [1.807, 2.05) is 27.0 Å². The van der Waals surface area contributed by atoms with Gasteiger partial charge in [-0.05, 0) is 108 Å². The zero-order chi connectivity index (χ0) is 24.5. The Labute approximate surface area is 203 Å². The molecule has 186 valence electrons. The van der Waals surface area contributed by atoms with Crippen LogP contribution in [0.1, 0.15) is 91.0 Å². The molecule has 1 N–H and O–H groups in total. The molecule has 0 aromatic carbocycles. The van der Waals surface area contributed by atoms with Gasteiger partial charge in [0.15, 0.2) is 5.78 Å². The first-order valence-electron chi connectivity index (χ1n) is 13.3. The maximum atomic E-state index is 16.5. The second-order valence-corrected chi connectivity index (χ2v) is 13.1. The molecule has 8 atom stereocenters. The van der Waals surface area contributed by atoms with Gasteiger partial charge in [0.2, 0.25) is 0 Å². The summed E-state index contributed by atoms with van der Waals surface area (Å²) in [7, 11) is 0. The number of hydrogen-bond acceptors (Lipinski definition) is 4. The van der Waals surface area contributed by atoms with Crippen molar-refractivity contribution in [3.8, 4) is 6.07 Å². The smallest absolute Gasteiger partial charge is 0.157 e. The number of aromatic nitrogens is 2. The molecule has 1 aromatic heterocycles. The Morgan fingerprint density at radius 3 is 2.71 bits per heavy atom. The summed E-state index contributed by atoms with van der Waals surface area (Å²) < 4.78 is 18.2. The van der Waals surface area contributed by atoms with Crippen LogP contribution in [0.4, 0.5) is 4.39 Å². The summed E-state index contributed by atoms with van der Waals surface area (Å²) in [5, 5.41) is 24.3. The lowest BCUT2D eigenvalue weighted by atomic mass is 9.48. The van der Waals surface area contributed by atoms with Gasteiger partial charge >= 0.3 is 0 Å². The lowest BCUT2D eigenvalue weighted by Gasteiger charge is -2.59. The summed E-state index contributed by atoms with van der Waals surface area (Å²) in [4.78, 5) is 13.5. The Bertz CT molecular complexity index is 1010. The first-order valence-corrected chi connectivity index (χ1v) is 13.3. The van der Waals surface area contributed by atoms with Crippen molar-refractivity contribution in [2.75, 3.05) is 0 Å². The van der Waals surface area contributed by atoms with Crippen LogP contribution < -0.4 is 0 Å². The number of carbonyl (C=O) groups is 1. The number of nitriles is 1. The van der Waals surface area contributed by atoms with Crippen molar-refractivity contribution in [1.82, 2.24) is 9.78 Å². The predicted octanol–water partition coefficient (Wildman–Crippen LogP) is 5.37. The van der Waals surface area contributed by atoms with Gasteiger partial charge in [0.05, 0.1) is 29.8 Å². The van der Waals surface area contributed by atoms with E-state index in [-0.39, 0.29) is 35.5 Å². The third-order valence-electron chi connectivity index (χ3n) is 10.7. The largest absolute Gasteiger partial charge is 0.390 e. The molecule has 34 heavy (non-hydrogen) atoms. The fraction of sp³-hybridized carbons (Fsp3) is 0.821. The molecule has 4 fully saturated rings. The summed E-state index contributed by atoms with van der Waals surface area (Å²) in [5.74, 6) is 1.04. The zero-order valence-corrected chi connectivity index (χ0v) is 21.2. The molecule has 5 nitrogen and oxygen atoms in total. The molecule has 0 bridgehead atoms. The second kappa shape index (κ2) is 7.88. The molecule has 4 saturated carbocycles. The maximum Gasteiger partial charge on any atom is 0.157 e. The monoisotopic (exact) mass is 469 g/mol. The van der Waals surface area contributed by atoms with Gasteiger partial charge in [-0.1, -0.05) is 6.92 Å². The molecule has 1 aromatic rings. The summed E-state index contributed by atoms with van der Waals surface area (Å²) in [5.41, 5.74) is -1.74. The molecule has 1 heterocycles. The number of nitrogens with zero attached hydrogens (tertiary/aromatic N) is 3. The highest BCUT2D eigenvalue weighted by Gasteiger charge is 2.63. The predicted molar refractivity (Wildman–Crippen MR) is 127 cm³/mol. The van der Waals surface area contributed by atoms with Gasteiger partial charge in [0.25, 0.3) is 0 Å². The normalized spacial score (nSPS) is 44.0. The van der Waals surface area contributed by atoms with Crippen LogP contribution in [-0.4, -0.2) is 31.9 Å². The Kier molecular flexibility index (Phi) is 5.56. The molecule has 0 aliphatic heterocycles. The van der Waals surface area contributed by atoms with E-state index in [9.17, 15) is 15.2 Å². The van der Waals surface area contributed by atoms with E-state index in [0.717, 1.165) is 44.1 Å². The lowest BCUT2D eigenvalue weighted by Crippen LogP contribution is -2.58. The van der Waals surface area contributed by atoms with Gasteiger partial charge in [-0.15, -0.1) is 0 Å². The first-order chi connectivity index (χ1) is 15.9. The Hall–Kier alpha value is -1.74. The van der Waals surface area contributed by atoms with Crippen LogP contribution in [0.3, 0.4) is 0 Å². The molecule has 4 aliphatic carbocycles. The number of Topliss-reactive ketones (excluding diaryl/α,β-unsaturated/α-hetero) is 1. The van der Waals surface area contributed by atoms with Crippen molar-refractivity contribution >= 4 is 5.78 Å². The number of carbonyl (C=O) groups excluding carboxylic acids is 1. The summed E-state index contributed by atoms with van der Waals surface area (Å²) in [6.07, 6.45) is 10.7. The van der Waals surface area contributed by atoms with Gasteiger partial charge in [0, 0.05) is 17.7 Å². The van der Waals surface area contributed by atoms with E-state index in [1.54, 1.807) is 10.9 Å². The summed E-state index contributed by atoms with van der Waals surface area (Å²) >= 11 is 0. The number of hydrogen-bond donors (Lipinski definition) is 1. The quantitative estimate of drug-likeness (QED) is 0.643. The molecule has 5 rings (SSSR count).